The summed E-state index contributed by atoms with van der Waals surface area (Å²) in [5.74, 6) is 1.27. The van der Waals surface area contributed by atoms with Gasteiger partial charge in [0.15, 0.2) is 11.5 Å². The highest BCUT2D eigenvalue weighted by atomic mass is 19.1. The quantitative estimate of drug-likeness (QED) is 0.802. The zero-order valence-electron chi connectivity index (χ0n) is 16.0. The monoisotopic (exact) mass is 372 g/mol. The lowest BCUT2D eigenvalue weighted by atomic mass is 9.87. The molecule has 1 atom stereocenters. The molecule has 5 heteroatoms. The Balaban J connectivity index is 1.55. The Bertz CT molecular complexity index is 727. The number of methoxy groups -OCH3 is 2. The lowest BCUT2D eigenvalue weighted by Crippen LogP contribution is -2.36. The summed E-state index contributed by atoms with van der Waals surface area (Å²) in [5, 5.41) is 10.9. The molecule has 0 unspecified atom stereocenters. The first kappa shape index (κ1) is 19.6. The molecule has 27 heavy (non-hydrogen) atoms. The highest BCUT2D eigenvalue weighted by Crippen LogP contribution is 2.39. The Labute approximate surface area is 160 Å². The van der Waals surface area contributed by atoms with Crippen LogP contribution in [0.5, 0.6) is 11.5 Å². The first-order valence-corrected chi connectivity index (χ1v) is 9.48. The molecular weight excluding hydrogens is 344 g/mol. The number of aliphatic hydroxyl groups excluding tert-OH is 1. The number of likely N-dealkylation sites (tertiary alicyclic amines) is 1. The molecule has 0 bridgehead atoms. The lowest BCUT2D eigenvalue weighted by Gasteiger charge is -2.34. The summed E-state index contributed by atoms with van der Waals surface area (Å²) in [6.45, 7) is 2.86. The number of ether oxygens (including phenoxy) is 2. The van der Waals surface area contributed by atoms with Crippen LogP contribution in [0.2, 0.25) is 0 Å². The number of para-hydroxylation sites is 1. The average molecular weight is 372 g/mol. The number of piperidine rings is 1. The van der Waals surface area contributed by atoms with Crippen molar-refractivity contribution in [1.82, 2.24) is 4.90 Å². The molecule has 1 fully saturated rings. The molecule has 1 aliphatic heterocycles. The Morgan fingerprint density at radius 3 is 2.41 bits per heavy atom. The van der Waals surface area contributed by atoms with E-state index in [9.17, 15) is 9.50 Å². The third-order valence-electron chi connectivity index (χ3n) is 5.46. The topological polar surface area (TPSA) is 41.9 Å². The predicted molar refractivity (Wildman–Crippen MR) is 104 cm³/mol. The fourth-order valence-electron chi connectivity index (χ4n) is 3.83. The molecule has 1 heterocycles. The number of nitrogens with zero attached hydrogens (tertiary/aromatic N) is 1. The minimum absolute atomic E-state index is 0.193. The normalized spacial score (nSPS) is 16.9. The van der Waals surface area contributed by atoms with Gasteiger partial charge in [0.25, 0.3) is 0 Å². The first-order valence-electron chi connectivity index (χ1n) is 9.48. The molecular formula is C22H28FNO3. The van der Waals surface area contributed by atoms with E-state index in [1.54, 1.807) is 14.2 Å². The highest BCUT2D eigenvalue weighted by molar-refractivity contribution is 5.47. The second-order valence-electron chi connectivity index (χ2n) is 7.08. The smallest absolute Gasteiger partial charge is 0.166 e. The Morgan fingerprint density at radius 1 is 1.07 bits per heavy atom. The zero-order valence-corrected chi connectivity index (χ0v) is 16.0. The molecule has 146 valence electrons. The van der Waals surface area contributed by atoms with Gasteiger partial charge in [0, 0.05) is 12.1 Å². The zero-order chi connectivity index (χ0) is 19.2. The van der Waals surface area contributed by atoms with Gasteiger partial charge in [0.05, 0.1) is 20.3 Å². The largest absolute Gasteiger partial charge is 0.493 e. The van der Waals surface area contributed by atoms with E-state index in [1.165, 1.54) is 12.1 Å². The van der Waals surface area contributed by atoms with Crippen molar-refractivity contribution in [2.24, 2.45) is 5.92 Å². The molecule has 0 saturated carbocycles. The maximum Gasteiger partial charge on any atom is 0.166 e. The van der Waals surface area contributed by atoms with E-state index >= 15 is 0 Å². The third kappa shape index (κ3) is 4.79. The molecule has 2 aromatic rings. The van der Waals surface area contributed by atoms with Crippen LogP contribution in [0.4, 0.5) is 4.39 Å². The average Bonchev–Trinajstić information content (AvgIpc) is 2.72. The Hall–Kier alpha value is -2.11. The predicted octanol–water partition coefficient (Wildman–Crippen LogP) is 3.83. The van der Waals surface area contributed by atoms with Crippen LogP contribution < -0.4 is 9.47 Å². The van der Waals surface area contributed by atoms with Gasteiger partial charge < -0.3 is 19.5 Å². The van der Waals surface area contributed by atoms with E-state index in [0.717, 1.165) is 50.0 Å². The van der Waals surface area contributed by atoms with Crippen LogP contribution in [0.15, 0.2) is 42.5 Å². The van der Waals surface area contributed by atoms with Gasteiger partial charge in [-0.3, -0.25) is 0 Å². The number of aliphatic hydroxyl groups is 1. The summed E-state index contributed by atoms with van der Waals surface area (Å²) in [6, 6.07) is 12.4. The molecule has 1 saturated heterocycles. The second-order valence-corrected chi connectivity index (χ2v) is 7.08. The highest BCUT2D eigenvalue weighted by Gasteiger charge is 2.28. The summed E-state index contributed by atoms with van der Waals surface area (Å²) in [4.78, 5) is 2.41. The van der Waals surface area contributed by atoms with E-state index in [1.807, 2.05) is 30.3 Å². The molecule has 1 N–H and O–H groups in total. The summed E-state index contributed by atoms with van der Waals surface area (Å²) < 4.78 is 23.8. The molecule has 1 aliphatic rings. The summed E-state index contributed by atoms with van der Waals surface area (Å²) in [6.07, 6.45) is 2.22. The number of halogens is 1. The van der Waals surface area contributed by atoms with E-state index in [4.69, 9.17) is 9.47 Å². The van der Waals surface area contributed by atoms with Crippen molar-refractivity contribution in [2.75, 3.05) is 33.9 Å². The Morgan fingerprint density at radius 2 is 1.78 bits per heavy atom. The first-order chi connectivity index (χ1) is 13.1. The maximum absolute atomic E-state index is 13.0. The van der Waals surface area contributed by atoms with Gasteiger partial charge in [-0.15, -0.1) is 0 Å². The van der Waals surface area contributed by atoms with E-state index in [-0.39, 0.29) is 11.7 Å². The third-order valence-corrected chi connectivity index (χ3v) is 5.46. The molecule has 0 radical (unpaired) electrons. The van der Waals surface area contributed by atoms with Gasteiger partial charge in [-0.05, 0) is 62.0 Å². The number of hydrogen-bond acceptors (Lipinski definition) is 4. The van der Waals surface area contributed by atoms with Crippen molar-refractivity contribution < 1.29 is 19.0 Å². The van der Waals surface area contributed by atoms with Crippen molar-refractivity contribution >= 4 is 0 Å². The molecule has 0 aromatic heterocycles. The molecule has 2 aromatic carbocycles. The van der Waals surface area contributed by atoms with Gasteiger partial charge in [0.1, 0.15) is 5.82 Å². The minimum atomic E-state index is -0.561. The van der Waals surface area contributed by atoms with E-state index in [2.05, 4.69) is 4.90 Å². The van der Waals surface area contributed by atoms with Crippen LogP contribution in [0.25, 0.3) is 0 Å². The van der Waals surface area contributed by atoms with Crippen molar-refractivity contribution in [3.05, 3.63) is 59.4 Å². The van der Waals surface area contributed by atoms with Gasteiger partial charge in [-0.25, -0.2) is 4.39 Å². The molecule has 4 nitrogen and oxygen atoms in total. The van der Waals surface area contributed by atoms with Gasteiger partial charge in [0.2, 0.25) is 0 Å². The molecule has 0 spiro atoms. The van der Waals surface area contributed by atoms with Crippen LogP contribution in [0.3, 0.4) is 0 Å². The fraction of sp³-hybridized carbons (Fsp3) is 0.455. The van der Waals surface area contributed by atoms with Crippen LogP contribution in [-0.2, 0) is 6.42 Å². The minimum Gasteiger partial charge on any atom is -0.493 e. The Kier molecular flexibility index (Phi) is 6.69. The van der Waals surface area contributed by atoms with Gasteiger partial charge in [-0.1, -0.05) is 24.3 Å². The fourth-order valence-corrected chi connectivity index (χ4v) is 3.83. The molecule has 0 aliphatic carbocycles. The second kappa shape index (κ2) is 9.20. The summed E-state index contributed by atoms with van der Waals surface area (Å²) >= 11 is 0. The van der Waals surface area contributed by atoms with Crippen LogP contribution in [0, 0.1) is 11.7 Å². The SMILES string of the molecule is COc1cccc([C@H](O)C2CCN(CCc3ccc(F)cc3)CC2)c1O[11CH3]. The van der Waals surface area contributed by atoms with Crippen molar-refractivity contribution in [2.45, 2.75) is 25.4 Å². The van der Waals surface area contributed by atoms with Crippen LogP contribution >= 0.6 is 0 Å². The number of rotatable bonds is 7. The van der Waals surface area contributed by atoms with Crippen LogP contribution in [-0.4, -0.2) is 43.9 Å². The standard InChI is InChI=1S/C22H28FNO3/c1-26-20-5-3-4-19(22(20)27-2)21(25)17-11-14-24(15-12-17)13-10-16-6-8-18(23)9-7-16/h3-9,17,21,25H,10-15H2,1-2H3/t21-/m1/s1/i2-1. The number of hydrogen-bond donors (Lipinski definition) is 1. The van der Waals surface area contributed by atoms with Gasteiger partial charge >= 0.3 is 0 Å². The van der Waals surface area contributed by atoms with Crippen molar-refractivity contribution in [1.29, 1.82) is 0 Å². The van der Waals surface area contributed by atoms with Crippen molar-refractivity contribution in [3.63, 3.8) is 0 Å². The van der Waals surface area contributed by atoms with Gasteiger partial charge in [-0.2, -0.15) is 0 Å². The summed E-state index contributed by atoms with van der Waals surface area (Å²) in [5.41, 5.74) is 1.95. The van der Waals surface area contributed by atoms with Crippen LogP contribution in [0.1, 0.15) is 30.1 Å². The number of benzene rings is 2. The van der Waals surface area contributed by atoms with Crippen molar-refractivity contribution in [3.8, 4) is 11.5 Å². The van der Waals surface area contributed by atoms with E-state index < -0.39 is 6.10 Å². The lowest BCUT2D eigenvalue weighted by molar-refractivity contribution is 0.0573. The maximum atomic E-state index is 13.0. The molecule has 3 rings (SSSR count). The van der Waals surface area contributed by atoms with E-state index in [0.29, 0.717) is 11.5 Å². The molecule has 0 amide bonds. The summed E-state index contributed by atoms with van der Waals surface area (Å²) in [7, 11) is 3.21.